The minimum Gasteiger partial charge on any atom is -0.480 e. The fraction of sp³-hybridized carbons (Fsp3) is 0.267. The van der Waals surface area contributed by atoms with Crippen LogP contribution in [0, 0.1) is 6.92 Å². The first-order valence-corrected chi connectivity index (χ1v) is 6.40. The molecule has 20 heavy (non-hydrogen) atoms. The summed E-state index contributed by atoms with van der Waals surface area (Å²) in [4.78, 5) is 29.0. The van der Waals surface area contributed by atoms with E-state index in [2.05, 4.69) is 4.98 Å². The molecule has 1 amide bonds. The molecule has 1 aromatic heterocycles. The first-order chi connectivity index (χ1) is 9.52. The molecule has 0 fully saturated rings. The lowest BCUT2D eigenvalue weighted by molar-refractivity contribution is -0.137. The molecule has 0 aliphatic heterocycles. The van der Waals surface area contributed by atoms with E-state index in [1.54, 1.807) is 13.0 Å². The molecule has 5 heteroatoms. The number of benzene rings is 1. The summed E-state index contributed by atoms with van der Waals surface area (Å²) in [7, 11) is 0. The quantitative estimate of drug-likeness (QED) is 0.925. The number of likely N-dealkylation sites (N-methyl/N-ethyl adjacent to an activating group) is 1. The summed E-state index contributed by atoms with van der Waals surface area (Å²) in [6.45, 7) is 3.62. The predicted octanol–water partition coefficient (Wildman–Crippen LogP) is 2.09. The van der Waals surface area contributed by atoms with Gasteiger partial charge in [-0.15, -0.1) is 0 Å². The molecule has 1 heterocycles. The lowest BCUT2D eigenvalue weighted by Gasteiger charge is -2.19. The van der Waals surface area contributed by atoms with Gasteiger partial charge in [0.15, 0.2) is 0 Å². The van der Waals surface area contributed by atoms with E-state index in [0.29, 0.717) is 12.1 Å². The van der Waals surface area contributed by atoms with Crippen molar-refractivity contribution in [2.75, 3.05) is 13.1 Å². The largest absolute Gasteiger partial charge is 0.480 e. The van der Waals surface area contributed by atoms with Crippen molar-refractivity contribution in [2.24, 2.45) is 0 Å². The van der Waals surface area contributed by atoms with E-state index in [1.165, 1.54) is 4.90 Å². The van der Waals surface area contributed by atoms with E-state index in [1.807, 2.05) is 31.2 Å². The minimum absolute atomic E-state index is 0.281. The number of aromatic nitrogens is 1. The van der Waals surface area contributed by atoms with Crippen LogP contribution >= 0.6 is 0 Å². The number of carboxylic acids is 1. The number of rotatable bonds is 4. The van der Waals surface area contributed by atoms with Crippen LogP contribution in [0.3, 0.4) is 0 Å². The molecule has 0 bridgehead atoms. The molecular formula is C15H16N2O3. The van der Waals surface area contributed by atoms with Crippen LogP contribution in [0.5, 0.6) is 0 Å². The monoisotopic (exact) mass is 272 g/mol. The number of fused-ring (bicyclic) bond motifs is 1. The average molecular weight is 272 g/mol. The SMILES string of the molecule is CCN(CC(=O)O)C(=O)c1cc(C)nc2ccccc12. The van der Waals surface area contributed by atoms with Gasteiger partial charge in [0.1, 0.15) is 6.54 Å². The van der Waals surface area contributed by atoms with Crippen molar-refractivity contribution < 1.29 is 14.7 Å². The number of nitrogens with zero attached hydrogens (tertiary/aromatic N) is 2. The summed E-state index contributed by atoms with van der Waals surface area (Å²) in [6.07, 6.45) is 0. The Balaban J connectivity index is 2.50. The van der Waals surface area contributed by atoms with Gasteiger partial charge in [-0.3, -0.25) is 14.6 Å². The lowest BCUT2D eigenvalue weighted by Crippen LogP contribution is -2.35. The Morgan fingerprint density at radius 1 is 1.30 bits per heavy atom. The fourth-order valence-electron chi connectivity index (χ4n) is 2.15. The zero-order chi connectivity index (χ0) is 14.7. The van der Waals surface area contributed by atoms with Crippen molar-refractivity contribution in [3.63, 3.8) is 0 Å². The Morgan fingerprint density at radius 3 is 2.65 bits per heavy atom. The Labute approximate surface area is 116 Å². The summed E-state index contributed by atoms with van der Waals surface area (Å²) in [6, 6.07) is 9.06. The number of carbonyl (C=O) groups is 2. The van der Waals surface area contributed by atoms with Gasteiger partial charge in [-0.1, -0.05) is 18.2 Å². The van der Waals surface area contributed by atoms with Crippen molar-refractivity contribution in [3.8, 4) is 0 Å². The third-order valence-corrected chi connectivity index (χ3v) is 3.07. The maximum Gasteiger partial charge on any atom is 0.323 e. The standard InChI is InChI=1S/C15H16N2O3/c1-3-17(9-14(18)19)15(20)12-8-10(2)16-13-7-5-4-6-11(12)13/h4-8H,3,9H2,1-2H3,(H,18,19). The molecule has 104 valence electrons. The van der Waals surface area contributed by atoms with E-state index in [0.717, 1.165) is 16.6 Å². The molecular weight excluding hydrogens is 256 g/mol. The molecule has 0 aliphatic rings. The highest BCUT2D eigenvalue weighted by Crippen LogP contribution is 2.19. The highest BCUT2D eigenvalue weighted by molar-refractivity contribution is 6.06. The second-order valence-corrected chi connectivity index (χ2v) is 4.54. The summed E-state index contributed by atoms with van der Waals surface area (Å²) >= 11 is 0. The lowest BCUT2D eigenvalue weighted by atomic mass is 10.1. The molecule has 0 saturated heterocycles. The Hall–Kier alpha value is -2.43. The normalized spacial score (nSPS) is 10.5. The first-order valence-electron chi connectivity index (χ1n) is 6.40. The number of para-hydroxylation sites is 1. The second kappa shape index (κ2) is 5.69. The number of carbonyl (C=O) groups excluding carboxylic acids is 1. The molecule has 0 saturated carbocycles. The number of pyridine rings is 1. The molecule has 0 radical (unpaired) electrons. The number of carboxylic acid groups (broad SMARTS) is 1. The maximum absolute atomic E-state index is 12.5. The smallest absolute Gasteiger partial charge is 0.323 e. The van der Waals surface area contributed by atoms with E-state index in [-0.39, 0.29) is 12.5 Å². The van der Waals surface area contributed by atoms with Gasteiger partial charge in [-0.2, -0.15) is 0 Å². The van der Waals surface area contributed by atoms with Crippen LogP contribution in [-0.4, -0.2) is 40.0 Å². The van der Waals surface area contributed by atoms with E-state index in [9.17, 15) is 9.59 Å². The van der Waals surface area contributed by atoms with Crippen LogP contribution in [0.4, 0.5) is 0 Å². The Kier molecular flexibility index (Phi) is 3.98. The van der Waals surface area contributed by atoms with E-state index >= 15 is 0 Å². The van der Waals surface area contributed by atoms with Crippen molar-refractivity contribution in [1.82, 2.24) is 9.88 Å². The van der Waals surface area contributed by atoms with Gasteiger partial charge in [0.05, 0.1) is 11.1 Å². The number of hydrogen-bond acceptors (Lipinski definition) is 3. The van der Waals surface area contributed by atoms with Crippen molar-refractivity contribution in [3.05, 3.63) is 41.6 Å². The van der Waals surface area contributed by atoms with Crippen LogP contribution in [-0.2, 0) is 4.79 Å². The third kappa shape index (κ3) is 2.77. The fourth-order valence-corrected chi connectivity index (χ4v) is 2.15. The number of hydrogen-bond donors (Lipinski definition) is 1. The molecule has 0 atom stereocenters. The van der Waals surface area contributed by atoms with Gasteiger partial charge < -0.3 is 10.0 Å². The number of aryl methyl sites for hydroxylation is 1. The molecule has 2 aromatic rings. The Bertz CT molecular complexity index is 667. The van der Waals surface area contributed by atoms with E-state index in [4.69, 9.17) is 5.11 Å². The molecule has 1 N–H and O–H groups in total. The zero-order valence-corrected chi connectivity index (χ0v) is 11.5. The van der Waals surface area contributed by atoms with Gasteiger partial charge in [0.25, 0.3) is 5.91 Å². The second-order valence-electron chi connectivity index (χ2n) is 4.54. The van der Waals surface area contributed by atoms with Gasteiger partial charge in [0.2, 0.25) is 0 Å². The molecule has 5 nitrogen and oxygen atoms in total. The first kappa shape index (κ1) is 14.0. The van der Waals surface area contributed by atoms with Gasteiger partial charge >= 0.3 is 5.97 Å². The zero-order valence-electron chi connectivity index (χ0n) is 11.5. The molecule has 0 aliphatic carbocycles. The van der Waals surface area contributed by atoms with Crippen LogP contribution in [0.25, 0.3) is 10.9 Å². The van der Waals surface area contributed by atoms with Gasteiger partial charge in [-0.25, -0.2) is 0 Å². The van der Waals surface area contributed by atoms with Crippen LogP contribution in [0.2, 0.25) is 0 Å². The topological polar surface area (TPSA) is 70.5 Å². The molecule has 0 spiro atoms. The maximum atomic E-state index is 12.5. The van der Waals surface area contributed by atoms with Gasteiger partial charge in [0, 0.05) is 17.6 Å². The summed E-state index contributed by atoms with van der Waals surface area (Å²) in [5, 5.41) is 9.61. The minimum atomic E-state index is -1.02. The van der Waals surface area contributed by atoms with Crippen molar-refractivity contribution in [2.45, 2.75) is 13.8 Å². The number of aliphatic carboxylic acids is 1. The number of amides is 1. The Morgan fingerprint density at radius 2 is 2.00 bits per heavy atom. The van der Waals surface area contributed by atoms with Crippen molar-refractivity contribution >= 4 is 22.8 Å². The third-order valence-electron chi connectivity index (χ3n) is 3.07. The summed E-state index contributed by atoms with van der Waals surface area (Å²) in [5.74, 6) is -1.30. The molecule has 2 rings (SSSR count). The van der Waals surface area contributed by atoms with Crippen LogP contribution in [0.15, 0.2) is 30.3 Å². The van der Waals surface area contributed by atoms with Crippen LogP contribution in [0.1, 0.15) is 23.0 Å². The summed E-state index contributed by atoms with van der Waals surface area (Å²) in [5.41, 5.74) is 1.97. The molecule has 0 unspecified atom stereocenters. The highest BCUT2D eigenvalue weighted by Gasteiger charge is 2.19. The molecule has 1 aromatic carbocycles. The van der Waals surface area contributed by atoms with Gasteiger partial charge in [-0.05, 0) is 26.0 Å². The average Bonchev–Trinajstić information content (AvgIpc) is 2.42. The highest BCUT2D eigenvalue weighted by atomic mass is 16.4. The summed E-state index contributed by atoms with van der Waals surface area (Å²) < 4.78 is 0. The van der Waals surface area contributed by atoms with E-state index < -0.39 is 5.97 Å². The van der Waals surface area contributed by atoms with Crippen molar-refractivity contribution in [1.29, 1.82) is 0 Å². The van der Waals surface area contributed by atoms with Crippen LogP contribution < -0.4 is 0 Å². The predicted molar refractivity (Wildman–Crippen MR) is 75.7 cm³/mol.